The second-order valence-corrected chi connectivity index (χ2v) is 12.4. The molecule has 0 aliphatic rings. The minimum atomic E-state index is -2.05. The fourth-order valence-electron chi connectivity index (χ4n) is 1.83. The van der Waals surface area contributed by atoms with Crippen LogP contribution < -0.4 is 0 Å². The summed E-state index contributed by atoms with van der Waals surface area (Å²) in [6.45, 7) is 12.9. The molecule has 0 aromatic heterocycles. The number of carbonyl (C=O) groups excluding carboxylic acids is 2. The lowest BCUT2D eigenvalue weighted by molar-refractivity contribution is -0.162. The second kappa shape index (κ2) is 10.1. The summed E-state index contributed by atoms with van der Waals surface area (Å²) in [5.74, 6) is -0.515. The Morgan fingerprint density at radius 3 is 2.21 bits per heavy atom. The van der Waals surface area contributed by atoms with E-state index in [1.807, 2.05) is 0 Å². The van der Waals surface area contributed by atoms with E-state index in [-0.39, 0.29) is 16.7 Å². The van der Waals surface area contributed by atoms with Crippen LogP contribution in [0.2, 0.25) is 18.1 Å². The summed E-state index contributed by atoms with van der Waals surface area (Å²) in [5, 5.41) is 1.11. The topological polar surface area (TPSA) is 55.8 Å². The molecule has 0 bridgehead atoms. The number of amides is 1. The van der Waals surface area contributed by atoms with Crippen molar-refractivity contribution in [2.75, 3.05) is 14.2 Å². The zero-order valence-electron chi connectivity index (χ0n) is 16.6. The largest absolute Gasteiger partial charge is 0.407 e. The Hall–Kier alpha value is -0.983. The number of unbranched alkanes of at least 4 members (excludes halogenated alkanes) is 2. The lowest BCUT2D eigenvalue weighted by Gasteiger charge is -2.38. The molecule has 0 N–H and O–H groups in total. The quantitative estimate of drug-likeness (QED) is 0.256. The van der Waals surface area contributed by atoms with Crippen molar-refractivity contribution in [1.82, 2.24) is 5.06 Å². The highest BCUT2D eigenvalue weighted by molar-refractivity contribution is 6.74. The number of hydrogen-bond donors (Lipinski definition) is 0. The highest BCUT2D eigenvalue weighted by Crippen LogP contribution is 2.38. The van der Waals surface area contributed by atoms with Gasteiger partial charge in [-0.2, -0.15) is 0 Å². The van der Waals surface area contributed by atoms with Crippen LogP contribution in [0.4, 0.5) is 0 Å². The van der Waals surface area contributed by atoms with Crippen molar-refractivity contribution >= 4 is 20.0 Å². The highest BCUT2D eigenvalue weighted by atomic mass is 28.4. The van der Waals surface area contributed by atoms with Crippen LogP contribution in [0.5, 0.6) is 0 Å². The molecule has 5 nitrogen and oxygen atoms in total. The van der Waals surface area contributed by atoms with E-state index >= 15 is 0 Å². The smallest absolute Gasteiger partial charge is 0.269 e. The fraction of sp³-hybridized carbons (Fsp3) is 0.778. The molecule has 0 spiro atoms. The van der Waals surface area contributed by atoms with Crippen LogP contribution in [0.1, 0.15) is 53.4 Å². The van der Waals surface area contributed by atoms with Crippen molar-refractivity contribution in [3.05, 3.63) is 12.2 Å². The SMILES string of the molecule is CCCCC[C@@H](O[Si](C)(C)C(C)(C)C)C(=O)/C=C/C(=O)N(C)OC. The molecule has 0 radical (unpaired) electrons. The van der Waals surface area contributed by atoms with Crippen molar-refractivity contribution in [3.8, 4) is 0 Å². The van der Waals surface area contributed by atoms with Gasteiger partial charge in [0.1, 0.15) is 6.10 Å². The molecule has 0 aromatic carbocycles. The number of nitrogens with zero attached hydrogens (tertiary/aromatic N) is 1. The summed E-state index contributed by atoms with van der Waals surface area (Å²) in [5.41, 5.74) is 0. The number of ketones is 1. The van der Waals surface area contributed by atoms with Crippen molar-refractivity contribution in [2.24, 2.45) is 0 Å². The lowest BCUT2D eigenvalue weighted by Crippen LogP contribution is -2.45. The predicted molar refractivity (Wildman–Crippen MR) is 100 cm³/mol. The average Bonchev–Trinajstić information content (AvgIpc) is 2.49. The Morgan fingerprint density at radius 1 is 1.17 bits per heavy atom. The maximum Gasteiger partial charge on any atom is 0.269 e. The summed E-state index contributed by atoms with van der Waals surface area (Å²) in [7, 11) is 0.856. The predicted octanol–water partition coefficient (Wildman–Crippen LogP) is 4.10. The molecular formula is C18H35NO4Si. The summed E-state index contributed by atoms with van der Waals surface area (Å²) in [6, 6.07) is 0. The normalized spacial score (nSPS) is 14.0. The van der Waals surface area contributed by atoms with Gasteiger partial charge < -0.3 is 4.43 Å². The Kier molecular flexibility index (Phi) is 9.69. The molecule has 0 aliphatic carbocycles. The van der Waals surface area contributed by atoms with Gasteiger partial charge in [0.05, 0.1) is 7.11 Å². The van der Waals surface area contributed by atoms with Gasteiger partial charge in [-0.1, -0.05) is 47.0 Å². The standard InChI is InChI=1S/C18H35NO4Si/c1-9-10-11-12-16(23-24(7,8)18(2,3)4)15(20)13-14-17(21)19(5)22-6/h13-14,16H,9-12H2,1-8H3/b14-13+/t16-/m1/s1. The fourth-order valence-corrected chi connectivity index (χ4v) is 3.13. The van der Waals surface area contributed by atoms with E-state index in [1.165, 1.54) is 26.3 Å². The number of carbonyl (C=O) groups is 2. The molecule has 0 saturated heterocycles. The Bertz CT molecular complexity index is 441. The zero-order chi connectivity index (χ0) is 19.0. The Morgan fingerprint density at radius 2 is 1.75 bits per heavy atom. The number of rotatable bonds is 10. The van der Waals surface area contributed by atoms with Crippen molar-refractivity contribution in [1.29, 1.82) is 0 Å². The van der Waals surface area contributed by atoms with Gasteiger partial charge in [-0.05, 0) is 30.6 Å². The van der Waals surface area contributed by atoms with E-state index in [2.05, 4.69) is 40.8 Å². The van der Waals surface area contributed by atoms with E-state index in [0.29, 0.717) is 6.42 Å². The molecule has 6 heteroatoms. The second-order valence-electron chi connectivity index (χ2n) is 7.62. The van der Waals surface area contributed by atoms with E-state index in [4.69, 9.17) is 9.26 Å². The molecule has 140 valence electrons. The molecule has 0 aromatic rings. The number of hydroxylamine groups is 2. The van der Waals surface area contributed by atoms with Crippen molar-refractivity contribution in [2.45, 2.75) is 77.6 Å². The summed E-state index contributed by atoms with van der Waals surface area (Å²) in [6.07, 6.45) is 5.89. The van der Waals surface area contributed by atoms with Gasteiger partial charge in [-0.3, -0.25) is 14.4 Å². The van der Waals surface area contributed by atoms with E-state index in [1.54, 1.807) is 0 Å². The van der Waals surface area contributed by atoms with Gasteiger partial charge in [-0.25, -0.2) is 5.06 Å². The minimum absolute atomic E-state index is 0.0338. The first-order valence-corrected chi connectivity index (χ1v) is 11.6. The third kappa shape index (κ3) is 7.72. The van der Waals surface area contributed by atoms with Crippen LogP contribution in [0.25, 0.3) is 0 Å². The van der Waals surface area contributed by atoms with Crippen LogP contribution in [0.3, 0.4) is 0 Å². The first-order valence-electron chi connectivity index (χ1n) is 8.67. The number of hydrogen-bond acceptors (Lipinski definition) is 4. The van der Waals surface area contributed by atoms with Crippen molar-refractivity contribution in [3.63, 3.8) is 0 Å². The summed E-state index contributed by atoms with van der Waals surface area (Å²) < 4.78 is 6.31. The molecule has 0 fully saturated rings. The van der Waals surface area contributed by atoms with E-state index in [9.17, 15) is 9.59 Å². The van der Waals surface area contributed by atoms with Crippen LogP contribution in [0.15, 0.2) is 12.2 Å². The molecule has 1 atom stereocenters. The average molecular weight is 358 g/mol. The van der Waals surface area contributed by atoms with Gasteiger partial charge >= 0.3 is 0 Å². The van der Waals surface area contributed by atoms with Crippen LogP contribution >= 0.6 is 0 Å². The maximum atomic E-state index is 12.6. The Labute approximate surface area is 148 Å². The zero-order valence-corrected chi connectivity index (χ0v) is 17.6. The van der Waals surface area contributed by atoms with Crippen molar-refractivity contribution < 1.29 is 18.9 Å². The third-order valence-electron chi connectivity index (χ3n) is 4.60. The van der Waals surface area contributed by atoms with Gasteiger partial charge in [-0.15, -0.1) is 0 Å². The summed E-state index contributed by atoms with van der Waals surface area (Å²) >= 11 is 0. The Balaban J connectivity index is 5.09. The molecule has 0 rings (SSSR count). The number of likely N-dealkylation sites (N-methyl/N-ethyl adjacent to an activating group) is 1. The first-order chi connectivity index (χ1) is 11.0. The first kappa shape index (κ1) is 23.0. The molecule has 0 heterocycles. The van der Waals surface area contributed by atoms with Gasteiger partial charge in [0.2, 0.25) is 0 Å². The lowest BCUT2D eigenvalue weighted by atomic mass is 10.1. The van der Waals surface area contributed by atoms with Crippen LogP contribution in [0, 0.1) is 0 Å². The monoisotopic (exact) mass is 357 g/mol. The molecule has 0 saturated carbocycles. The highest BCUT2D eigenvalue weighted by Gasteiger charge is 2.40. The van der Waals surface area contributed by atoms with Gasteiger partial charge in [0.15, 0.2) is 14.1 Å². The van der Waals surface area contributed by atoms with Gasteiger partial charge in [0.25, 0.3) is 5.91 Å². The van der Waals surface area contributed by atoms with Crippen LogP contribution in [-0.4, -0.2) is 45.3 Å². The maximum absolute atomic E-state index is 12.6. The van der Waals surface area contributed by atoms with E-state index < -0.39 is 14.4 Å². The third-order valence-corrected chi connectivity index (χ3v) is 9.09. The van der Waals surface area contributed by atoms with E-state index in [0.717, 1.165) is 24.3 Å². The van der Waals surface area contributed by atoms with Crippen LogP contribution in [-0.2, 0) is 18.9 Å². The molecule has 1 amide bonds. The molecular weight excluding hydrogens is 322 g/mol. The van der Waals surface area contributed by atoms with Gasteiger partial charge in [0, 0.05) is 13.1 Å². The molecule has 0 unspecified atom stereocenters. The minimum Gasteiger partial charge on any atom is -0.407 e. The summed E-state index contributed by atoms with van der Waals surface area (Å²) in [4.78, 5) is 29.1. The molecule has 0 aliphatic heterocycles. The molecule has 24 heavy (non-hydrogen) atoms.